The van der Waals surface area contributed by atoms with Gasteiger partial charge in [-0.05, 0) is 47.7 Å². The second kappa shape index (κ2) is 10.8. The number of aromatic amines is 1. The maximum atomic E-state index is 12.6. The molecule has 1 aliphatic heterocycles. The Balaban J connectivity index is 1.21. The number of hydrogen-bond donors (Lipinski definition) is 1. The van der Waals surface area contributed by atoms with Gasteiger partial charge in [-0.3, -0.25) is 9.47 Å². The van der Waals surface area contributed by atoms with Gasteiger partial charge in [0.25, 0.3) is 0 Å². The van der Waals surface area contributed by atoms with Crippen LogP contribution in [0, 0.1) is 6.57 Å². The molecule has 6 rings (SSSR count). The lowest BCUT2D eigenvalue weighted by Gasteiger charge is -2.32. The molecule has 0 spiro atoms. The van der Waals surface area contributed by atoms with Gasteiger partial charge >= 0.3 is 5.69 Å². The van der Waals surface area contributed by atoms with Crippen molar-refractivity contribution in [3.8, 4) is 22.4 Å². The topological polar surface area (TPSA) is 61.5 Å². The lowest BCUT2D eigenvalue weighted by molar-refractivity contribution is 0.180. The van der Waals surface area contributed by atoms with E-state index in [0.29, 0.717) is 11.5 Å². The van der Waals surface area contributed by atoms with Crippen molar-refractivity contribution in [3.05, 3.63) is 112 Å². The van der Waals surface area contributed by atoms with Crippen molar-refractivity contribution in [2.45, 2.75) is 25.4 Å². The summed E-state index contributed by atoms with van der Waals surface area (Å²) in [6.45, 7) is 10.5. The molecule has 0 bridgehead atoms. The fourth-order valence-electron chi connectivity index (χ4n) is 5.76. The number of nitrogens with zero attached hydrogens (tertiary/aromatic N) is 5. The van der Waals surface area contributed by atoms with Gasteiger partial charge in [-0.15, -0.1) is 0 Å². The molecule has 7 heteroatoms. The molecule has 3 heterocycles. The molecular formula is C33H32N6O. The Labute approximate surface area is 234 Å². The van der Waals surface area contributed by atoms with Crippen molar-refractivity contribution in [2.75, 3.05) is 32.1 Å². The average Bonchev–Trinajstić information content (AvgIpc) is 3.33. The molecule has 0 unspecified atom stereocenters. The van der Waals surface area contributed by atoms with Gasteiger partial charge in [0.05, 0.1) is 23.3 Å². The zero-order chi connectivity index (χ0) is 27.6. The van der Waals surface area contributed by atoms with Crippen LogP contribution in [0.2, 0.25) is 0 Å². The zero-order valence-electron chi connectivity index (χ0n) is 22.8. The van der Waals surface area contributed by atoms with Gasteiger partial charge in [-0.2, -0.15) is 0 Å². The van der Waals surface area contributed by atoms with Gasteiger partial charge in [0.1, 0.15) is 5.82 Å². The monoisotopic (exact) mass is 528 g/mol. The summed E-state index contributed by atoms with van der Waals surface area (Å²) in [4.78, 5) is 28.7. The second-order valence-corrected chi connectivity index (χ2v) is 10.6. The van der Waals surface area contributed by atoms with Crippen LogP contribution in [0.15, 0.2) is 89.7 Å². The van der Waals surface area contributed by atoms with Crippen LogP contribution < -0.4 is 10.6 Å². The van der Waals surface area contributed by atoms with Crippen molar-refractivity contribution in [1.82, 2.24) is 19.4 Å². The fourth-order valence-corrected chi connectivity index (χ4v) is 5.76. The lowest BCUT2D eigenvalue weighted by atomic mass is 9.97. The lowest BCUT2D eigenvalue weighted by Crippen LogP contribution is -2.36. The van der Waals surface area contributed by atoms with Crippen LogP contribution in [0.5, 0.6) is 0 Å². The predicted octanol–water partition coefficient (Wildman–Crippen LogP) is 6.51. The Morgan fingerprint density at radius 1 is 0.950 bits per heavy atom. The summed E-state index contributed by atoms with van der Waals surface area (Å²) in [7, 11) is 3.84. The number of nitrogens with one attached hydrogen (secondary N) is 1. The number of piperidine rings is 1. The number of rotatable bonds is 6. The molecule has 0 atom stereocenters. The molecule has 1 aliphatic rings. The van der Waals surface area contributed by atoms with E-state index < -0.39 is 0 Å². The number of aromatic nitrogens is 3. The molecule has 0 aliphatic carbocycles. The Morgan fingerprint density at radius 3 is 2.35 bits per heavy atom. The van der Waals surface area contributed by atoms with E-state index in [4.69, 9.17) is 11.6 Å². The zero-order valence-corrected chi connectivity index (χ0v) is 22.8. The number of pyridine rings is 1. The Hall–Kier alpha value is -4.67. The molecule has 1 saturated heterocycles. The van der Waals surface area contributed by atoms with Crippen molar-refractivity contribution < 1.29 is 0 Å². The van der Waals surface area contributed by atoms with Crippen LogP contribution in [-0.2, 0) is 6.54 Å². The summed E-state index contributed by atoms with van der Waals surface area (Å²) in [6, 6.07) is 28.9. The van der Waals surface area contributed by atoms with E-state index in [-0.39, 0.29) is 11.7 Å². The number of para-hydroxylation sites is 2. The molecule has 40 heavy (non-hydrogen) atoms. The number of hydrogen-bond acceptors (Lipinski definition) is 4. The third-order valence-electron chi connectivity index (χ3n) is 7.79. The van der Waals surface area contributed by atoms with Crippen LogP contribution in [0.4, 0.5) is 11.5 Å². The quantitative estimate of drug-likeness (QED) is 0.255. The van der Waals surface area contributed by atoms with Crippen LogP contribution in [0.3, 0.4) is 0 Å². The van der Waals surface area contributed by atoms with Crippen LogP contribution in [-0.4, -0.2) is 46.6 Å². The summed E-state index contributed by atoms with van der Waals surface area (Å²) < 4.78 is 1.94. The highest BCUT2D eigenvalue weighted by atomic mass is 16.1. The molecule has 0 saturated carbocycles. The minimum absolute atomic E-state index is 0.0134. The van der Waals surface area contributed by atoms with E-state index in [9.17, 15) is 4.79 Å². The smallest absolute Gasteiger partial charge is 0.326 e. The second-order valence-electron chi connectivity index (χ2n) is 10.6. The van der Waals surface area contributed by atoms with E-state index in [1.807, 2.05) is 72.1 Å². The third-order valence-corrected chi connectivity index (χ3v) is 7.79. The Kier molecular flexibility index (Phi) is 6.93. The summed E-state index contributed by atoms with van der Waals surface area (Å²) in [5, 5.41) is 0. The van der Waals surface area contributed by atoms with E-state index >= 15 is 0 Å². The largest absolute Gasteiger partial charge is 0.371 e. The minimum atomic E-state index is -0.0134. The highest BCUT2D eigenvalue weighted by molar-refractivity contribution is 5.87. The van der Waals surface area contributed by atoms with Crippen LogP contribution in [0.25, 0.3) is 38.3 Å². The van der Waals surface area contributed by atoms with Gasteiger partial charge in [0, 0.05) is 45.3 Å². The summed E-state index contributed by atoms with van der Waals surface area (Å²) in [5.74, 6) is 0.672. The number of imidazole rings is 1. The Morgan fingerprint density at radius 2 is 1.65 bits per heavy atom. The van der Waals surface area contributed by atoms with Crippen molar-refractivity contribution in [1.29, 1.82) is 0 Å². The van der Waals surface area contributed by atoms with E-state index in [1.54, 1.807) is 0 Å². The van der Waals surface area contributed by atoms with Crippen molar-refractivity contribution in [3.63, 3.8) is 0 Å². The first-order chi connectivity index (χ1) is 19.5. The molecule has 1 N–H and O–H groups in total. The number of anilines is 1. The first kappa shape index (κ1) is 25.6. The molecular weight excluding hydrogens is 496 g/mol. The highest BCUT2D eigenvalue weighted by Crippen LogP contribution is 2.38. The summed E-state index contributed by atoms with van der Waals surface area (Å²) in [6.07, 6.45) is 1.90. The van der Waals surface area contributed by atoms with E-state index in [0.717, 1.165) is 65.9 Å². The van der Waals surface area contributed by atoms with Gasteiger partial charge in [-0.25, -0.2) is 14.6 Å². The number of H-pyrrole nitrogens is 1. The number of fused-ring (bicyclic) bond motifs is 1. The molecule has 3 aromatic carbocycles. The SMILES string of the molecule is [C-]#[N+]c1cc(-c2ccccc2)c(-c2ccc(CN3CCC(n4c(=O)[nH]c5ccccc54)CC3)cc2)nc1N(C)C. The molecule has 5 aromatic rings. The van der Waals surface area contributed by atoms with Gasteiger partial charge in [-0.1, -0.05) is 66.7 Å². The van der Waals surface area contributed by atoms with Crippen LogP contribution in [0.1, 0.15) is 24.4 Å². The minimum Gasteiger partial charge on any atom is -0.371 e. The standard InChI is InChI=1S/C33H32N6O/c1-34-29-21-27(24-9-5-4-6-10-24)31(36-32(29)37(2)3)25-15-13-23(14-16-25)22-38-19-17-26(18-20-38)39-30-12-8-7-11-28(30)35-33(39)40/h4-16,21,26H,17-20,22H2,2-3H3,(H,35,40). The van der Waals surface area contributed by atoms with Gasteiger partial charge in [0.15, 0.2) is 0 Å². The van der Waals surface area contributed by atoms with Crippen molar-refractivity contribution in [2.24, 2.45) is 0 Å². The highest BCUT2D eigenvalue weighted by Gasteiger charge is 2.24. The number of likely N-dealkylation sites (tertiary alicyclic amines) is 1. The summed E-state index contributed by atoms with van der Waals surface area (Å²) in [5.41, 5.74) is 7.58. The molecule has 7 nitrogen and oxygen atoms in total. The average molecular weight is 529 g/mol. The molecule has 200 valence electrons. The van der Waals surface area contributed by atoms with E-state index in [1.165, 1.54) is 5.56 Å². The molecule has 0 amide bonds. The number of benzene rings is 3. The molecule has 0 radical (unpaired) electrons. The molecule has 2 aromatic heterocycles. The maximum Gasteiger partial charge on any atom is 0.326 e. The first-order valence-electron chi connectivity index (χ1n) is 13.7. The van der Waals surface area contributed by atoms with Crippen LogP contribution >= 0.6 is 0 Å². The maximum absolute atomic E-state index is 12.6. The molecule has 1 fully saturated rings. The Bertz CT molecular complexity index is 1740. The first-order valence-corrected chi connectivity index (χ1v) is 13.7. The van der Waals surface area contributed by atoms with Gasteiger partial charge < -0.3 is 9.88 Å². The van der Waals surface area contributed by atoms with E-state index in [2.05, 4.69) is 51.1 Å². The van der Waals surface area contributed by atoms with Crippen molar-refractivity contribution >= 4 is 22.5 Å². The summed E-state index contributed by atoms with van der Waals surface area (Å²) >= 11 is 0. The normalized spacial score (nSPS) is 14.3. The third kappa shape index (κ3) is 4.90. The predicted molar refractivity (Wildman–Crippen MR) is 162 cm³/mol. The van der Waals surface area contributed by atoms with Gasteiger partial charge in [0.2, 0.25) is 5.69 Å². The fraction of sp³-hybridized carbons (Fsp3) is 0.242.